The van der Waals surface area contributed by atoms with E-state index in [2.05, 4.69) is 168 Å². The second-order valence-corrected chi connectivity index (χ2v) is 14.1. The first-order valence-electron chi connectivity index (χ1n) is 15.9. The Morgan fingerprint density at radius 2 is 0.911 bits per heavy atom. The third-order valence-corrected chi connectivity index (χ3v) is 10.4. The number of benzene rings is 6. The lowest BCUT2D eigenvalue weighted by Gasteiger charge is -2.32. The van der Waals surface area contributed by atoms with Gasteiger partial charge >= 0.3 is 7.12 Å². The van der Waals surface area contributed by atoms with Crippen molar-refractivity contribution in [3.05, 3.63) is 132 Å². The van der Waals surface area contributed by atoms with Gasteiger partial charge in [0.15, 0.2) is 0 Å². The number of hydrogen-bond acceptors (Lipinski definition) is 3. The van der Waals surface area contributed by atoms with E-state index < -0.39 is 0 Å². The molecule has 222 valence electrons. The van der Waals surface area contributed by atoms with Crippen LogP contribution < -0.4 is 10.4 Å². The van der Waals surface area contributed by atoms with Crippen LogP contribution in [0, 0.1) is 0 Å². The summed E-state index contributed by atoms with van der Waals surface area (Å²) >= 11 is 0. The lowest BCUT2D eigenvalue weighted by molar-refractivity contribution is 0.00578. The van der Waals surface area contributed by atoms with Gasteiger partial charge in [-0.05, 0) is 113 Å². The molecule has 0 amide bonds. The van der Waals surface area contributed by atoms with Crippen LogP contribution in [0.4, 0.5) is 17.1 Å². The Balaban J connectivity index is 1.24. The van der Waals surface area contributed by atoms with Gasteiger partial charge in [0.05, 0.1) is 11.2 Å². The van der Waals surface area contributed by atoms with Crippen molar-refractivity contribution in [2.45, 2.75) is 58.2 Å². The summed E-state index contributed by atoms with van der Waals surface area (Å²) in [6.07, 6.45) is 0. The second-order valence-electron chi connectivity index (χ2n) is 14.1. The minimum atomic E-state index is -0.383. The van der Waals surface area contributed by atoms with Crippen LogP contribution in [0.25, 0.3) is 32.7 Å². The molecular formula is C41H38BNO2. The summed E-state index contributed by atoms with van der Waals surface area (Å²) in [7, 11) is -0.383. The Kier molecular flexibility index (Phi) is 6.13. The molecule has 0 unspecified atom stereocenters. The van der Waals surface area contributed by atoms with E-state index in [-0.39, 0.29) is 23.7 Å². The minimum Gasteiger partial charge on any atom is -0.399 e. The van der Waals surface area contributed by atoms with Crippen LogP contribution in [-0.4, -0.2) is 18.3 Å². The van der Waals surface area contributed by atoms with E-state index in [0.29, 0.717) is 0 Å². The largest absolute Gasteiger partial charge is 0.494 e. The van der Waals surface area contributed by atoms with Gasteiger partial charge in [0.1, 0.15) is 0 Å². The number of rotatable bonds is 4. The zero-order valence-corrected chi connectivity index (χ0v) is 26.9. The molecule has 0 N–H and O–H groups in total. The van der Waals surface area contributed by atoms with E-state index in [1.54, 1.807) is 0 Å². The van der Waals surface area contributed by atoms with Gasteiger partial charge < -0.3 is 14.2 Å². The van der Waals surface area contributed by atoms with E-state index >= 15 is 0 Å². The lowest BCUT2D eigenvalue weighted by atomic mass is 9.74. The van der Waals surface area contributed by atoms with Crippen LogP contribution in [0.5, 0.6) is 0 Å². The first-order chi connectivity index (χ1) is 21.5. The van der Waals surface area contributed by atoms with Crippen molar-refractivity contribution < 1.29 is 9.31 Å². The number of anilines is 3. The molecule has 1 aliphatic heterocycles. The first-order valence-corrected chi connectivity index (χ1v) is 15.9. The fourth-order valence-corrected chi connectivity index (χ4v) is 7.09. The molecule has 0 atom stereocenters. The Morgan fingerprint density at radius 3 is 1.47 bits per heavy atom. The normalized spacial score (nSPS) is 17.4. The summed E-state index contributed by atoms with van der Waals surface area (Å²) in [6.45, 7) is 13.1. The average Bonchev–Trinajstić information content (AvgIpc) is 3.40. The molecule has 0 aromatic heterocycles. The molecule has 45 heavy (non-hydrogen) atoms. The summed E-state index contributed by atoms with van der Waals surface area (Å²) < 4.78 is 12.9. The second kappa shape index (κ2) is 9.81. The SMILES string of the molecule is CC1(C)c2cc(B3OC(C)(C)C(C)(C)O3)ccc2-c2ccc(N(c3ccc4ccccc4c3)c3ccc4ccccc4c3)cc21. The van der Waals surface area contributed by atoms with Crippen molar-refractivity contribution >= 4 is 51.2 Å². The average molecular weight is 588 g/mol. The molecule has 0 spiro atoms. The molecule has 3 nitrogen and oxygen atoms in total. The highest BCUT2D eigenvalue weighted by molar-refractivity contribution is 6.62. The van der Waals surface area contributed by atoms with Gasteiger partial charge in [0.2, 0.25) is 0 Å². The summed E-state index contributed by atoms with van der Waals surface area (Å²) in [5.74, 6) is 0. The third kappa shape index (κ3) is 4.42. The number of hydrogen-bond donors (Lipinski definition) is 0. The molecule has 6 aromatic carbocycles. The Labute approximate surface area is 266 Å². The Morgan fingerprint density at radius 1 is 0.467 bits per heavy atom. The van der Waals surface area contributed by atoms with Crippen molar-refractivity contribution in [2.24, 2.45) is 0 Å². The predicted molar refractivity (Wildman–Crippen MR) is 189 cm³/mol. The van der Waals surface area contributed by atoms with Crippen LogP contribution in [0.1, 0.15) is 52.7 Å². The maximum Gasteiger partial charge on any atom is 0.494 e. The molecule has 1 aliphatic carbocycles. The molecular weight excluding hydrogens is 549 g/mol. The van der Waals surface area contributed by atoms with E-state index in [4.69, 9.17) is 9.31 Å². The topological polar surface area (TPSA) is 21.7 Å². The fraction of sp³-hybridized carbons (Fsp3) is 0.220. The van der Waals surface area contributed by atoms with Crippen LogP contribution in [-0.2, 0) is 14.7 Å². The quantitative estimate of drug-likeness (QED) is 0.192. The van der Waals surface area contributed by atoms with Gasteiger partial charge in [-0.1, -0.05) is 98.8 Å². The lowest BCUT2D eigenvalue weighted by Crippen LogP contribution is -2.41. The summed E-state index contributed by atoms with van der Waals surface area (Å²) in [5, 5.41) is 4.93. The van der Waals surface area contributed by atoms with Gasteiger partial charge in [0, 0.05) is 22.5 Å². The molecule has 0 bridgehead atoms. The van der Waals surface area contributed by atoms with Gasteiger partial charge in [-0.25, -0.2) is 0 Å². The van der Waals surface area contributed by atoms with E-state index in [1.165, 1.54) is 43.8 Å². The molecule has 0 radical (unpaired) electrons. The van der Waals surface area contributed by atoms with Gasteiger partial charge in [-0.2, -0.15) is 0 Å². The molecule has 2 aliphatic rings. The zero-order valence-electron chi connectivity index (χ0n) is 26.9. The molecule has 1 fully saturated rings. The molecule has 6 aromatic rings. The van der Waals surface area contributed by atoms with Gasteiger partial charge in [0.25, 0.3) is 0 Å². The minimum absolute atomic E-state index is 0.196. The summed E-state index contributed by atoms with van der Waals surface area (Å²) in [6, 6.07) is 44.4. The van der Waals surface area contributed by atoms with Crippen LogP contribution in [0.3, 0.4) is 0 Å². The van der Waals surface area contributed by atoms with Crippen molar-refractivity contribution in [3.8, 4) is 11.1 Å². The van der Waals surface area contributed by atoms with Gasteiger partial charge in [-0.3, -0.25) is 0 Å². The van der Waals surface area contributed by atoms with Crippen LogP contribution >= 0.6 is 0 Å². The van der Waals surface area contributed by atoms with Crippen molar-refractivity contribution in [2.75, 3.05) is 4.90 Å². The molecule has 1 saturated heterocycles. The van der Waals surface area contributed by atoms with Crippen LogP contribution in [0.2, 0.25) is 0 Å². The highest BCUT2D eigenvalue weighted by atomic mass is 16.7. The highest BCUT2D eigenvalue weighted by Gasteiger charge is 2.52. The van der Waals surface area contributed by atoms with Crippen LogP contribution in [0.15, 0.2) is 121 Å². The van der Waals surface area contributed by atoms with Crippen molar-refractivity contribution in [3.63, 3.8) is 0 Å². The third-order valence-electron chi connectivity index (χ3n) is 10.4. The molecule has 1 heterocycles. The highest BCUT2D eigenvalue weighted by Crippen LogP contribution is 2.51. The van der Waals surface area contributed by atoms with Gasteiger partial charge in [-0.15, -0.1) is 0 Å². The maximum atomic E-state index is 6.44. The summed E-state index contributed by atoms with van der Waals surface area (Å²) in [5.41, 5.74) is 8.75. The smallest absolute Gasteiger partial charge is 0.399 e. The Hall–Kier alpha value is -4.38. The molecule has 4 heteroatoms. The van der Waals surface area contributed by atoms with E-state index in [0.717, 1.165) is 22.5 Å². The van der Waals surface area contributed by atoms with Crippen molar-refractivity contribution in [1.82, 2.24) is 0 Å². The van der Waals surface area contributed by atoms with E-state index in [1.807, 2.05) is 0 Å². The predicted octanol–water partition coefficient (Wildman–Crippen LogP) is 10.1. The number of fused-ring (bicyclic) bond motifs is 5. The number of nitrogens with zero attached hydrogens (tertiary/aromatic N) is 1. The van der Waals surface area contributed by atoms with Crippen molar-refractivity contribution in [1.29, 1.82) is 0 Å². The first kappa shape index (κ1) is 28.1. The zero-order chi connectivity index (χ0) is 31.1. The standard InChI is InChI=1S/C41H38BNO2/c1-39(2)37-25-31(42-44-40(3,4)41(5,6)45-42)17-21-35(37)36-22-20-34(26-38(36)39)43(32-18-15-27-11-7-9-13-29(27)23-32)33-19-16-28-12-8-10-14-30(28)24-33/h7-26H,1-6H3. The van der Waals surface area contributed by atoms with E-state index in [9.17, 15) is 0 Å². The summed E-state index contributed by atoms with van der Waals surface area (Å²) in [4.78, 5) is 2.40. The fourth-order valence-electron chi connectivity index (χ4n) is 7.09. The molecule has 0 saturated carbocycles. The molecule has 8 rings (SSSR count). The maximum absolute atomic E-state index is 6.44. The monoisotopic (exact) mass is 587 g/mol. The Bertz CT molecular complexity index is 2030.